The number of hydrogen-bond acceptors (Lipinski definition) is 0. The van der Waals surface area contributed by atoms with E-state index in [1.807, 2.05) is 18.2 Å². The van der Waals surface area contributed by atoms with Gasteiger partial charge in [-0.2, -0.15) is 36.4 Å². The molecule has 0 aliphatic rings. The van der Waals surface area contributed by atoms with Gasteiger partial charge in [0.2, 0.25) is 0 Å². The first-order valence-corrected chi connectivity index (χ1v) is 8.12. The van der Waals surface area contributed by atoms with E-state index in [0.29, 0.717) is 0 Å². The van der Waals surface area contributed by atoms with Crippen LogP contribution in [0.1, 0.15) is 0 Å². The molecule has 5 rings (SSSR count). The van der Waals surface area contributed by atoms with E-state index < -0.39 is 0 Å². The van der Waals surface area contributed by atoms with Crippen molar-refractivity contribution in [1.29, 1.82) is 0 Å². The minimum atomic E-state index is 0. The zero-order chi connectivity index (χ0) is 15.9. The Kier molecular flexibility index (Phi) is 4.42. The maximum absolute atomic E-state index is 3.40. The van der Waals surface area contributed by atoms with Gasteiger partial charge in [-0.15, -0.1) is 22.9 Å². The first-order valence-electron chi connectivity index (χ1n) is 8.12. The topological polar surface area (TPSA) is 0 Å². The molecular formula is C24H14Y-2. The minimum Gasteiger partial charge on any atom is -0.226 e. The Bertz CT molecular complexity index is 1190. The minimum absolute atomic E-state index is 0. The monoisotopic (exact) mass is 391 g/mol. The smallest absolute Gasteiger partial charge is 0 e. The summed E-state index contributed by atoms with van der Waals surface area (Å²) in [5.74, 6) is 0. The van der Waals surface area contributed by atoms with Crippen molar-refractivity contribution in [3.63, 3.8) is 0 Å². The van der Waals surface area contributed by atoms with Gasteiger partial charge in [-0.05, 0) is 33.7 Å². The van der Waals surface area contributed by atoms with Crippen LogP contribution >= 0.6 is 0 Å². The van der Waals surface area contributed by atoms with Crippen LogP contribution in [0.25, 0.3) is 43.4 Å². The Morgan fingerprint density at radius 1 is 0.480 bits per heavy atom. The van der Waals surface area contributed by atoms with Gasteiger partial charge < -0.3 is 0 Å². The van der Waals surface area contributed by atoms with E-state index >= 15 is 0 Å². The van der Waals surface area contributed by atoms with Gasteiger partial charge in [0.25, 0.3) is 0 Å². The van der Waals surface area contributed by atoms with Crippen molar-refractivity contribution in [2.75, 3.05) is 0 Å². The predicted molar refractivity (Wildman–Crippen MR) is 102 cm³/mol. The molecule has 0 saturated heterocycles. The summed E-state index contributed by atoms with van der Waals surface area (Å²) in [6.45, 7) is 0. The predicted octanol–water partition coefficient (Wildman–Crippen LogP) is 6.41. The van der Waals surface area contributed by atoms with Gasteiger partial charge in [0.05, 0.1) is 0 Å². The number of benzene rings is 5. The van der Waals surface area contributed by atoms with Crippen molar-refractivity contribution in [2.24, 2.45) is 0 Å². The van der Waals surface area contributed by atoms with Gasteiger partial charge in [-0.3, -0.25) is 0 Å². The molecule has 0 bridgehead atoms. The molecule has 0 N–H and O–H groups in total. The average Bonchev–Trinajstić information content (AvgIpc) is 2.65. The van der Waals surface area contributed by atoms with E-state index in [0.717, 1.165) is 11.1 Å². The Morgan fingerprint density at radius 2 is 1.08 bits per heavy atom. The fourth-order valence-corrected chi connectivity index (χ4v) is 3.35. The molecule has 1 heteroatoms. The molecule has 0 aromatic heterocycles. The molecule has 0 saturated carbocycles. The van der Waals surface area contributed by atoms with Crippen molar-refractivity contribution < 1.29 is 32.7 Å². The zero-order valence-corrected chi connectivity index (χ0v) is 16.5. The normalized spacial score (nSPS) is 10.9. The maximum atomic E-state index is 3.40. The third-order valence-electron chi connectivity index (χ3n) is 4.59. The number of rotatable bonds is 1. The fourth-order valence-electron chi connectivity index (χ4n) is 3.35. The molecule has 0 aliphatic carbocycles. The zero-order valence-electron chi connectivity index (χ0n) is 13.7. The molecule has 0 atom stereocenters. The van der Waals surface area contributed by atoms with Crippen LogP contribution in [0.5, 0.6) is 0 Å². The summed E-state index contributed by atoms with van der Waals surface area (Å²) in [6, 6.07) is 36.6. The summed E-state index contributed by atoms with van der Waals surface area (Å²) in [7, 11) is 0. The summed E-state index contributed by atoms with van der Waals surface area (Å²) >= 11 is 0. The quantitative estimate of drug-likeness (QED) is 0.229. The summed E-state index contributed by atoms with van der Waals surface area (Å²) in [5.41, 5.74) is 2.17. The summed E-state index contributed by atoms with van der Waals surface area (Å²) in [6.07, 6.45) is 0. The molecule has 1 radical (unpaired) electrons. The second-order valence-corrected chi connectivity index (χ2v) is 6.15. The maximum Gasteiger partial charge on any atom is 0 e. The van der Waals surface area contributed by atoms with E-state index in [1.54, 1.807) is 0 Å². The molecular weight excluding hydrogens is 377 g/mol. The largest absolute Gasteiger partial charge is 0.226 e. The molecule has 115 valence electrons. The standard InChI is InChI=1S/C24H14.Y/c1-2-6-17(7-3-1)20-10-11-21-15-23-12-18-8-4-5-9-19(18)13-24(23)16-22(21)14-20;/h1-6,8-9,11-16H;/q-2;. The summed E-state index contributed by atoms with van der Waals surface area (Å²) in [4.78, 5) is 0. The molecule has 0 amide bonds. The second kappa shape index (κ2) is 6.71. The third kappa shape index (κ3) is 3.01. The Hall–Kier alpha value is -2.02. The molecule has 25 heavy (non-hydrogen) atoms. The van der Waals surface area contributed by atoms with E-state index in [-0.39, 0.29) is 32.7 Å². The summed E-state index contributed by atoms with van der Waals surface area (Å²) in [5, 5.41) is 7.57. The van der Waals surface area contributed by atoms with Crippen LogP contribution in [0.4, 0.5) is 0 Å². The Labute approximate surface area is 172 Å². The third-order valence-corrected chi connectivity index (χ3v) is 4.59. The average molecular weight is 391 g/mol. The molecule has 0 spiro atoms. The van der Waals surface area contributed by atoms with Gasteiger partial charge in [0.1, 0.15) is 0 Å². The van der Waals surface area contributed by atoms with Crippen LogP contribution in [-0.2, 0) is 32.7 Å². The van der Waals surface area contributed by atoms with E-state index in [9.17, 15) is 0 Å². The first-order chi connectivity index (χ1) is 11.9. The molecule has 0 aliphatic heterocycles. The molecule has 0 unspecified atom stereocenters. The summed E-state index contributed by atoms with van der Waals surface area (Å²) < 4.78 is 0. The number of hydrogen-bond donors (Lipinski definition) is 0. The van der Waals surface area contributed by atoms with E-state index in [4.69, 9.17) is 0 Å². The van der Waals surface area contributed by atoms with E-state index in [2.05, 4.69) is 78.9 Å². The van der Waals surface area contributed by atoms with Crippen molar-refractivity contribution >= 4 is 32.3 Å². The van der Waals surface area contributed by atoms with Crippen molar-refractivity contribution in [3.8, 4) is 11.1 Å². The van der Waals surface area contributed by atoms with Crippen LogP contribution in [0.15, 0.2) is 84.9 Å². The second-order valence-electron chi connectivity index (χ2n) is 6.15. The van der Waals surface area contributed by atoms with Crippen LogP contribution in [0.2, 0.25) is 0 Å². The molecule has 5 aromatic carbocycles. The van der Waals surface area contributed by atoms with Gasteiger partial charge in [0, 0.05) is 32.7 Å². The van der Waals surface area contributed by atoms with Gasteiger partial charge in [0.15, 0.2) is 0 Å². The Morgan fingerprint density at radius 3 is 1.76 bits per heavy atom. The molecule has 0 fully saturated rings. The van der Waals surface area contributed by atoms with Gasteiger partial charge in [-0.25, -0.2) is 11.1 Å². The fraction of sp³-hybridized carbons (Fsp3) is 0. The first kappa shape index (κ1) is 16.5. The van der Waals surface area contributed by atoms with E-state index in [1.165, 1.54) is 32.3 Å². The number of fused-ring (bicyclic) bond motifs is 3. The van der Waals surface area contributed by atoms with Crippen LogP contribution in [0, 0.1) is 12.1 Å². The van der Waals surface area contributed by atoms with Crippen LogP contribution in [-0.4, -0.2) is 0 Å². The molecule has 0 nitrogen and oxygen atoms in total. The van der Waals surface area contributed by atoms with Crippen molar-refractivity contribution in [2.45, 2.75) is 0 Å². The molecule has 0 heterocycles. The SMILES string of the molecule is [Y].[c-]1ccccc1-c1[c-]cc2cc3cc4ccccc4cc3cc2c1. The van der Waals surface area contributed by atoms with Crippen LogP contribution < -0.4 is 0 Å². The Balaban J connectivity index is 0.00000157. The van der Waals surface area contributed by atoms with Crippen molar-refractivity contribution in [1.82, 2.24) is 0 Å². The molecule has 5 aromatic rings. The van der Waals surface area contributed by atoms with Crippen LogP contribution in [0.3, 0.4) is 0 Å². The van der Waals surface area contributed by atoms with Gasteiger partial charge in [-0.1, -0.05) is 36.4 Å². The van der Waals surface area contributed by atoms with Crippen molar-refractivity contribution in [3.05, 3.63) is 97.1 Å². The van der Waals surface area contributed by atoms with Gasteiger partial charge >= 0.3 is 0 Å².